The number of benzene rings is 1. The lowest BCUT2D eigenvalue weighted by Gasteiger charge is -2.41. The first-order chi connectivity index (χ1) is 16.9. The molecular formula is C27H28ClFN2O3S. The molecule has 0 amide bonds. The number of aromatic nitrogens is 1. The van der Waals surface area contributed by atoms with Gasteiger partial charge in [0.15, 0.2) is 0 Å². The molecule has 1 aromatic carbocycles. The van der Waals surface area contributed by atoms with Crippen molar-refractivity contribution in [2.75, 3.05) is 26.7 Å². The molecular weight excluding hydrogens is 487 g/mol. The van der Waals surface area contributed by atoms with Crippen LogP contribution in [0.25, 0.3) is 10.9 Å². The molecule has 184 valence electrons. The highest BCUT2D eigenvalue weighted by Crippen LogP contribution is 2.44. The zero-order valence-corrected chi connectivity index (χ0v) is 21.2. The van der Waals surface area contributed by atoms with E-state index in [1.54, 1.807) is 36.6 Å². The molecule has 1 aliphatic heterocycles. The molecule has 0 spiro atoms. The summed E-state index contributed by atoms with van der Waals surface area (Å²) < 4.78 is 21.0. The highest BCUT2D eigenvalue weighted by Gasteiger charge is 2.37. The predicted octanol–water partition coefficient (Wildman–Crippen LogP) is 6.36. The first-order valence-corrected chi connectivity index (χ1v) is 12.9. The Morgan fingerprint density at radius 3 is 2.86 bits per heavy atom. The minimum absolute atomic E-state index is 0.0348. The normalized spacial score (nSPS) is 16.4. The Kier molecular flexibility index (Phi) is 8.27. The minimum atomic E-state index is -1.33. The van der Waals surface area contributed by atoms with Crippen LogP contribution >= 0.6 is 22.9 Å². The van der Waals surface area contributed by atoms with Crippen LogP contribution < -0.4 is 4.74 Å². The number of halogens is 2. The van der Waals surface area contributed by atoms with Crippen molar-refractivity contribution in [3.05, 3.63) is 57.4 Å². The van der Waals surface area contributed by atoms with Gasteiger partial charge in [-0.25, -0.2) is 4.39 Å². The maximum absolute atomic E-state index is 15.7. The van der Waals surface area contributed by atoms with Crippen molar-refractivity contribution in [2.45, 2.75) is 38.3 Å². The van der Waals surface area contributed by atoms with E-state index in [0.29, 0.717) is 48.0 Å². The van der Waals surface area contributed by atoms with Crippen molar-refractivity contribution in [1.82, 2.24) is 9.88 Å². The molecule has 4 rings (SSSR count). The number of hydrogen-bond acceptors (Lipinski definition) is 5. The molecule has 0 saturated carbocycles. The number of fused-ring (bicyclic) bond motifs is 1. The first-order valence-electron chi connectivity index (χ1n) is 11.6. The summed E-state index contributed by atoms with van der Waals surface area (Å²) >= 11 is 8.00. The highest BCUT2D eigenvalue weighted by molar-refractivity contribution is 7.10. The van der Waals surface area contributed by atoms with Gasteiger partial charge in [0.2, 0.25) is 0 Å². The van der Waals surface area contributed by atoms with Crippen LogP contribution in [0.3, 0.4) is 0 Å². The minimum Gasteiger partial charge on any atom is -0.497 e. The van der Waals surface area contributed by atoms with Crippen LogP contribution in [0.15, 0.2) is 41.9 Å². The van der Waals surface area contributed by atoms with Gasteiger partial charge in [-0.2, -0.15) is 0 Å². The van der Waals surface area contributed by atoms with E-state index >= 15 is 4.39 Å². The number of piperidine rings is 1. The van der Waals surface area contributed by atoms with E-state index in [1.165, 1.54) is 6.20 Å². The number of likely N-dealkylation sites (tertiary alicyclic amines) is 1. The fraction of sp³-hybridized carbons (Fsp3) is 0.407. The van der Waals surface area contributed by atoms with Gasteiger partial charge in [-0.1, -0.05) is 29.5 Å². The average molecular weight is 515 g/mol. The second kappa shape index (κ2) is 11.4. The van der Waals surface area contributed by atoms with E-state index in [0.717, 1.165) is 18.0 Å². The molecule has 1 atom stereocenters. The second-order valence-electron chi connectivity index (χ2n) is 9.03. The lowest BCUT2D eigenvalue weighted by atomic mass is 9.71. The fourth-order valence-electron chi connectivity index (χ4n) is 4.80. The van der Waals surface area contributed by atoms with Crippen molar-refractivity contribution in [3.8, 4) is 17.6 Å². The molecule has 1 N–H and O–H groups in total. The molecule has 1 saturated heterocycles. The number of pyridine rings is 1. The number of hydrogen-bond donors (Lipinski definition) is 1. The molecule has 0 radical (unpaired) electrons. The number of thiophene rings is 1. The Morgan fingerprint density at radius 1 is 1.37 bits per heavy atom. The van der Waals surface area contributed by atoms with E-state index in [1.807, 2.05) is 17.5 Å². The van der Waals surface area contributed by atoms with E-state index in [4.69, 9.17) is 16.3 Å². The van der Waals surface area contributed by atoms with Gasteiger partial charge in [-0.3, -0.25) is 14.7 Å². The van der Waals surface area contributed by atoms with Crippen LogP contribution in [0.5, 0.6) is 5.75 Å². The lowest BCUT2D eigenvalue weighted by molar-refractivity contribution is -0.141. The number of nitrogens with zero attached hydrogens (tertiary/aromatic N) is 2. The van der Waals surface area contributed by atoms with Gasteiger partial charge >= 0.3 is 5.97 Å². The summed E-state index contributed by atoms with van der Waals surface area (Å²) in [5, 5.41) is 12.5. The molecule has 35 heavy (non-hydrogen) atoms. The predicted molar refractivity (Wildman–Crippen MR) is 138 cm³/mol. The summed E-state index contributed by atoms with van der Waals surface area (Å²) in [4.78, 5) is 19.3. The molecule has 5 nitrogen and oxygen atoms in total. The van der Waals surface area contributed by atoms with Gasteiger partial charge in [-0.05, 0) is 73.8 Å². The first kappa shape index (κ1) is 25.4. The average Bonchev–Trinajstić information content (AvgIpc) is 3.36. The summed E-state index contributed by atoms with van der Waals surface area (Å²) in [6, 6.07) is 9.28. The van der Waals surface area contributed by atoms with E-state index in [9.17, 15) is 9.90 Å². The Balaban J connectivity index is 1.44. The van der Waals surface area contributed by atoms with Crippen molar-refractivity contribution in [3.63, 3.8) is 0 Å². The van der Waals surface area contributed by atoms with Gasteiger partial charge in [0.1, 0.15) is 11.9 Å². The number of rotatable bonds is 8. The lowest BCUT2D eigenvalue weighted by Crippen LogP contribution is -2.41. The highest BCUT2D eigenvalue weighted by atomic mass is 35.5. The molecule has 0 aliphatic carbocycles. The van der Waals surface area contributed by atoms with Gasteiger partial charge in [0, 0.05) is 17.1 Å². The number of aliphatic carboxylic acids is 1. The Hall–Kier alpha value is -2.66. The molecule has 3 heterocycles. The van der Waals surface area contributed by atoms with E-state index in [-0.39, 0.29) is 17.9 Å². The van der Waals surface area contributed by atoms with Gasteiger partial charge in [0.25, 0.3) is 0 Å². The van der Waals surface area contributed by atoms with Crippen molar-refractivity contribution < 1.29 is 19.0 Å². The summed E-state index contributed by atoms with van der Waals surface area (Å²) in [5.74, 6) is 6.14. The van der Waals surface area contributed by atoms with Crippen LogP contribution in [0.4, 0.5) is 4.39 Å². The Labute approximate surface area is 213 Å². The van der Waals surface area contributed by atoms with E-state index in [2.05, 4.69) is 21.7 Å². The third-order valence-electron chi connectivity index (χ3n) is 6.79. The topological polar surface area (TPSA) is 62.7 Å². The van der Waals surface area contributed by atoms with Gasteiger partial charge in [-0.15, -0.1) is 11.3 Å². The number of ether oxygens (including phenoxy) is 1. The number of carboxylic acids is 1. The summed E-state index contributed by atoms with van der Waals surface area (Å²) in [6.45, 7) is 2.15. The van der Waals surface area contributed by atoms with Gasteiger partial charge < -0.3 is 9.84 Å². The molecule has 0 unspecified atom stereocenters. The summed E-state index contributed by atoms with van der Waals surface area (Å²) in [6.07, 6.45) is 2.24. The van der Waals surface area contributed by atoms with Crippen LogP contribution in [0.1, 0.15) is 48.7 Å². The SMILES string of the molecule is COc1ccc2ncc(Cl)c([C@H](F)CCC3(CC(=O)O)CCN(CC#Cc4cccs4)CC3)c2c1. The zero-order chi connectivity index (χ0) is 24.8. The van der Waals surface area contributed by atoms with E-state index < -0.39 is 17.6 Å². The van der Waals surface area contributed by atoms with Gasteiger partial charge in [0.05, 0.1) is 35.5 Å². The molecule has 8 heteroatoms. The van der Waals surface area contributed by atoms with Crippen molar-refractivity contribution in [2.24, 2.45) is 5.41 Å². The third kappa shape index (κ3) is 6.32. The summed E-state index contributed by atoms with van der Waals surface area (Å²) in [5.41, 5.74) is 0.591. The zero-order valence-electron chi connectivity index (χ0n) is 19.6. The number of carboxylic acid groups (broad SMARTS) is 1. The quantitative estimate of drug-likeness (QED) is 0.354. The largest absolute Gasteiger partial charge is 0.497 e. The van der Waals surface area contributed by atoms with Crippen LogP contribution in [-0.2, 0) is 4.79 Å². The maximum Gasteiger partial charge on any atom is 0.303 e. The van der Waals surface area contributed by atoms with Crippen LogP contribution in [-0.4, -0.2) is 47.7 Å². The Morgan fingerprint density at radius 2 is 2.17 bits per heavy atom. The fourth-order valence-corrected chi connectivity index (χ4v) is 5.66. The smallest absolute Gasteiger partial charge is 0.303 e. The van der Waals surface area contributed by atoms with Crippen molar-refractivity contribution >= 4 is 39.8 Å². The standard InChI is InChI=1S/C27H28ClFN2O3S/c1-34-19-6-7-24-21(16-19)26(22(28)18-30-24)23(29)8-9-27(17-25(32)33)10-13-31(14-11-27)12-2-4-20-5-3-15-35-20/h3,5-7,15-16,18,23H,8-14,17H2,1H3,(H,32,33)/t23-/m1/s1. The monoisotopic (exact) mass is 514 g/mol. The summed E-state index contributed by atoms with van der Waals surface area (Å²) in [7, 11) is 1.56. The van der Waals surface area contributed by atoms with Crippen molar-refractivity contribution in [1.29, 1.82) is 0 Å². The van der Waals surface area contributed by atoms with Crippen LogP contribution in [0, 0.1) is 17.3 Å². The molecule has 1 aliphatic rings. The molecule has 1 fully saturated rings. The number of methoxy groups -OCH3 is 1. The maximum atomic E-state index is 15.7. The van der Waals surface area contributed by atoms with Crippen LogP contribution in [0.2, 0.25) is 5.02 Å². The molecule has 0 bridgehead atoms. The third-order valence-corrected chi connectivity index (χ3v) is 7.87. The molecule has 2 aromatic heterocycles. The molecule has 3 aromatic rings. The number of carbonyl (C=O) groups is 1. The Bertz CT molecular complexity index is 1230. The number of alkyl halides is 1. The second-order valence-corrected chi connectivity index (χ2v) is 10.4.